The molecule has 1 saturated heterocycles. The average Bonchev–Trinajstić information content (AvgIpc) is 3.19. The molecule has 2 aliphatic heterocycles. The molecule has 38 heavy (non-hydrogen) atoms. The summed E-state index contributed by atoms with van der Waals surface area (Å²) in [6.45, 7) is 7.42. The number of aliphatic hydroxyl groups excluding tert-OH is 1. The monoisotopic (exact) mass is 512 g/mol. The number of aromatic nitrogens is 1. The highest BCUT2D eigenvalue weighted by Crippen LogP contribution is 2.42. The van der Waals surface area contributed by atoms with E-state index in [1.165, 1.54) is 4.90 Å². The maximum absolute atomic E-state index is 13.5. The molecule has 2 aliphatic rings. The molecule has 8 heteroatoms. The predicted octanol–water partition coefficient (Wildman–Crippen LogP) is 4.38. The van der Waals surface area contributed by atoms with Crippen LogP contribution in [0.15, 0.2) is 72.6 Å². The summed E-state index contributed by atoms with van der Waals surface area (Å²) in [6.07, 6.45) is 3.34. The van der Waals surface area contributed by atoms with Gasteiger partial charge in [0.05, 0.1) is 23.8 Å². The van der Waals surface area contributed by atoms with Gasteiger partial charge in [-0.15, -0.1) is 0 Å². The fourth-order valence-electron chi connectivity index (χ4n) is 5.19. The molecular formula is C30H32N4O4. The molecule has 1 fully saturated rings. The van der Waals surface area contributed by atoms with Crippen LogP contribution in [0.1, 0.15) is 36.6 Å². The van der Waals surface area contributed by atoms with E-state index in [1.54, 1.807) is 36.7 Å². The summed E-state index contributed by atoms with van der Waals surface area (Å²) in [5, 5.41) is 11.5. The number of rotatable bonds is 7. The lowest BCUT2D eigenvalue weighted by molar-refractivity contribution is -0.140. The van der Waals surface area contributed by atoms with Crippen molar-refractivity contribution in [2.24, 2.45) is 0 Å². The fourth-order valence-corrected chi connectivity index (χ4v) is 5.19. The number of aliphatic hydroxyl groups is 1. The maximum Gasteiger partial charge on any atom is 0.295 e. The fraction of sp³-hybridized carbons (Fsp3) is 0.300. The Balaban J connectivity index is 1.62. The van der Waals surface area contributed by atoms with E-state index in [9.17, 15) is 14.7 Å². The number of pyridine rings is 1. The van der Waals surface area contributed by atoms with Crippen molar-refractivity contribution >= 4 is 28.8 Å². The number of ether oxygens (including phenoxy) is 1. The minimum atomic E-state index is -0.744. The number of ketones is 1. The second-order valence-electron chi connectivity index (χ2n) is 9.50. The molecule has 0 saturated carbocycles. The number of hydrogen-bond donors (Lipinski definition) is 1. The zero-order valence-electron chi connectivity index (χ0n) is 21.9. The van der Waals surface area contributed by atoms with E-state index in [0.717, 1.165) is 41.3 Å². The number of likely N-dealkylation sites (tertiary alicyclic amines) is 1. The third kappa shape index (κ3) is 4.58. The Labute approximate surface area is 222 Å². The highest BCUT2D eigenvalue weighted by atomic mass is 16.5. The zero-order valence-corrected chi connectivity index (χ0v) is 21.9. The molecule has 1 aromatic heterocycles. The van der Waals surface area contributed by atoms with E-state index in [0.29, 0.717) is 18.7 Å². The van der Waals surface area contributed by atoms with Crippen molar-refractivity contribution in [3.63, 3.8) is 0 Å². The molecule has 1 unspecified atom stereocenters. The average molecular weight is 513 g/mol. The van der Waals surface area contributed by atoms with Gasteiger partial charge in [-0.05, 0) is 61.4 Å². The van der Waals surface area contributed by atoms with Crippen molar-refractivity contribution in [2.45, 2.75) is 26.4 Å². The van der Waals surface area contributed by atoms with Gasteiger partial charge < -0.3 is 24.5 Å². The first-order valence-electron chi connectivity index (χ1n) is 12.9. The van der Waals surface area contributed by atoms with Gasteiger partial charge >= 0.3 is 0 Å². The lowest BCUT2D eigenvalue weighted by atomic mass is 9.94. The molecule has 0 bridgehead atoms. The quantitative estimate of drug-likeness (QED) is 0.286. The molecule has 0 radical (unpaired) electrons. The number of Topliss-reactive ketones (excluding diaryl/α,β-unsaturated/α-hetero) is 1. The van der Waals surface area contributed by atoms with Crippen LogP contribution in [0.5, 0.6) is 5.75 Å². The smallest absolute Gasteiger partial charge is 0.295 e. The topological polar surface area (TPSA) is 86.2 Å². The summed E-state index contributed by atoms with van der Waals surface area (Å²) in [5.74, 6) is -0.828. The predicted molar refractivity (Wildman–Crippen MR) is 147 cm³/mol. The van der Waals surface area contributed by atoms with Crippen LogP contribution >= 0.6 is 0 Å². The lowest BCUT2D eigenvalue weighted by Crippen LogP contribution is -2.29. The third-order valence-corrected chi connectivity index (χ3v) is 7.28. The van der Waals surface area contributed by atoms with Crippen LogP contribution < -0.4 is 14.5 Å². The summed E-state index contributed by atoms with van der Waals surface area (Å²) < 4.78 is 5.74. The molecule has 2 aromatic carbocycles. The van der Waals surface area contributed by atoms with Gasteiger partial charge in [-0.3, -0.25) is 14.6 Å². The summed E-state index contributed by atoms with van der Waals surface area (Å²) in [6, 6.07) is 16.1. The summed E-state index contributed by atoms with van der Waals surface area (Å²) in [4.78, 5) is 36.8. The Morgan fingerprint density at radius 2 is 1.87 bits per heavy atom. The van der Waals surface area contributed by atoms with Crippen LogP contribution in [0.3, 0.4) is 0 Å². The van der Waals surface area contributed by atoms with Crippen molar-refractivity contribution in [3.05, 3.63) is 89.3 Å². The number of carbonyl (C=O) groups is 2. The van der Waals surface area contributed by atoms with E-state index in [-0.39, 0.29) is 17.9 Å². The molecular weight excluding hydrogens is 480 g/mol. The van der Waals surface area contributed by atoms with Crippen LogP contribution in [0.4, 0.5) is 11.4 Å². The minimum absolute atomic E-state index is 0.0776. The molecule has 3 aromatic rings. The van der Waals surface area contributed by atoms with Gasteiger partial charge in [-0.2, -0.15) is 0 Å². The number of likely N-dealkylation sites (N-methyl/N-ethyl adjacent to an activating group) is 1. The Hall–Kier alpha value is -4.33. The Morgan fingerprint density at radius 3 is 2.55 bits per heavy atom. The molecule has 1 atom stereocenters. The van der Waals surface area contributed by atoms with Crippen molar-refractivity contribution in [2.75, 3.05) is 43.1 Å². The number of hydrogen-bond acceptors (Lipinski definition) is 7. The van der Waals surface area contributed by atoms with Gasteiger partial charge in [0.1, 0.15) is 18.1 Å². The van der Waals surface area contributed by atoms with Crippen molar-refractivity contribution in [3.8, 4) is 5.75 Å². The maximum atomic E-state index is 13.5. The first kappa shape index (κ1) is 25.3. The van der Waals surface area contributed by atoms with Gasteiger partial charge in [0, 0.05) is 50.3 Å². The number of fused-ring (bicyclic) bond motifs is 1. The van der Waals surface area contributed by atoms with Crippen molar-refractivity contribution in [1.82, 2.24) is 9.88 Å². The van der Waals surface area contributed by atoms with Gasteiger partial charge in [-0.25, -0.2) is 0 Å². The highest BCUT2D eigenvalue weighted by Gasteiger charge is 2.46. The van der Waals surface area contributed by atoms with Crippen LogP contribution in [0.2, 0.25) is 0 Å². The van der Waals surface area contributed by atoms with E-state index in [4.69, 9.17) is 4.74 Å². The second-order valence-corrected chi connectivity index (χ2v) is 9.50. The number of carbonyl (C=O) groups excluding carboxylic acids is 2. The highest BCUT2D eigenvalue weighted by molar-refractivity contribution is 6.46. The number of benzene rings is 2. The van der Waals surface area contributed by atoms with Gasteiger partial charge in [0.2, 0.25) is 0 Å². The van der Waals surface area contributed by atoms with Crippen LogP contribution in [0, 0.1) is 0 Å². The first-order chi connectivity index (χ1) is 18.4. The van der Waals surface area contributed by atoms with Crippen molar-refractivity contribution in [1.29, 1.82) is 0 Å². The Bertz CT molecular complexity index is 1370. The Morgan fingerprint density at radius 1 is 1.11 bits per heavy atom. The van der Waals surface area contributed by atoms with E-state index < -0.39 is 17.7 Å². The SMILES string of the molecule is CCN(CC)c1ccc(C2/C(=C(/O)c3ccc4c(c3)N(C)CCO4)C(=O)C(=O)N2Cc2cccnc2)cc1. The summed E-state index contributed by atoms with van der Waals surface area (Å²) >= 11 is 0. The molecule has 0 aliphatic carbocycles. The van der Waals surface area contributed by atoms with Gasteiger partial charge in [0.15, 0.2) is 0 Å². The van der Waals surface area contributed by atoms with Gasteiger partial charge in [0.25, 0.3) is 11.7 Å². The normalized spacial score (nSPS) is 18.3. The summed E-state index contributed by atoms with van der Waals surface area (Å²) in [7, 11) is 1.95. The van der Waals surface area contributed by atoms with Crippen LogP contribution in [0.25, 0.3) is 5.76 Å². The molecule has 3 heterocycles. The molecule has 8 nitrogen and oxygen atoms in total. The lowest BCUT2D eigenvalue weighted by Gasteiger charge is -2.28. The molecule has 1 amide bonds. The third-order valence-electron chi connectivity index (χ3n) is 7.28. The molecule has 0 spiro atoms. The summed E-state index contributed by atoms with van der Waals surface area (Å²) in [5.41, 5.74) is 3.97. The van der Waals surface area contributed by atoms with E-state index >= 15 is 0 Å². The number of anilines is 2. The van der Waals surface area contributed by atoms with E-state index in [1.807, 2.05) is 42.3 Å². The largest absolute Gasteiger partial charge is 0.507 e. The van der Waals surface area contributed by atoms with Crippen molar-refractivity contribution < 1.29 is 19.4 Å². The van der Waals surface area contributed by atoms with E-state index in [2.05, 4.69) is 23.7 Å². The number of nitrogens with zero attached hydrogens (tertiary/aromatic N) is 4. The Kier molecular flexibility index (Phi) is 7.05. The minimum Gasteiger partial charge on any atom is -0.507 e. The van der Waals surface area contributed by atoms with Gasteiger partial charge in [-0.1, -0.05) is 18.2 Å². The molecule has 1 N–H and O–H groups in total. The second kappa shape index (κ2) is 10.6. The zero-order chi connectivity index (χ0) is 26.8. The first-order valence-corrected chi connectivity index (χ1v) is 12.9. The molecule has 5 rings (SSSR count). The standard InChI is InChI=1S/C30H32N4O4/c1-4-33(5-2)23-11-8-21(9-12-23)27-26(29(36)30(37)34(27)19-20-7-6-14-31-18-20)28(35)22-10-13-25-24(17-22)32(3)15-16-38-25/h6-14,17-18,27,35H,4-5,15-16,19H2,1-3H3/b28-26-. The van der Waals surface area contributed by atoms with Crippen LogP contribution in [-0.2, 0) is 16.1 Å². The molecule has 196 valence electrons. The van der Waals surface area contributed by atoms with Crippen LogP contribution in [-0.4, -0.2) is 60.0 Å². The number of amides is 1.